The van der Waals surface area contributed by atoms with E-state index in [-0.39, 0.29) is 10.1 Å². The van der Waals surface area contributed by atoms with Crippen LogP contribution in [0.2, 0.25) is 0 Å². The maximum Gasteiger partial charge on any atom is 0.240 e. The fourth-order valence-corrected chi connectivity index (χ4v) is 4.71. The number of hydrogen-bond acceptors (Lipinski definition) is 5. The topological polar surface area (TPSA) is 70.4 Å². The summed E-state index contributed by atoms with van der Waals surface area (Å²) in [6.45, 7) is 0.541. The van der Waals surface area contributed by atoms with E-state index in [1.165, 1.54) is 0 Å². The van der Waals surface area contributed by atoms with Crippen molar-refractivity contribution in [2.45, 2.75) is 23.0 Å². The molecule has 1 aliphatic heterocycles. The highest BCUT2D eigenvalue weighted by molar-refractivity contribution is 7.91. The maximum atomic E-state index is 13.0. The van der Waals surface area contributed by atoms with E-state index in [1.54, 1.807) is 55.3 Å². The van der Waals surface area contributed by atoms with Crippen molar-refractivity contribution >= 4 is 9.84 Å². The first-order chi connectivity index (χ1) is 12.6. The summed E-state index contributed by atoms with van der Waals surface area (Å²) < 4.78 is 38.5. The molecule has 3 aromatic rings. The number of ether oxygens (including phenoxy) is 2. The van der Waals surface area contributed by atoms with E-state index in [1.807, 2.05) is 12.1 Å². The smallest absolute Gasteiger partial charge is 0.240 e. The minimum atomic E-state index is -3.67. The van der Waals surface area contributed by atoms with Crippen LogP contribution in [0.25, 0.3) is 11.3 Å². The van der Waals surface area contributed by atoms with Crippen LogP contribution in [0.5, 0.6) is 11.5 Å². The Kier molecular flexibility index (Phi) is 3.96. The van der Waals surface area contributed by atoms with Crippen LogP contribution in [0.1, 0.15) is 5.56 Å². The molecule has 1 aliphatic rings. The molecule has 0 N–H and O–H groups in total. The predicted molar refractivity (Wildman–Crippen MR) is 96.4 cm³/mol. The Hall–Kier alpha value is -2.80. The first-order valence-electron chi connectivity index (χ1n) is 8.17. The fourth-order valence-electron chi connectivity index (χ4n) is 3.31. The molecule has 0 saturated carbocycles. The number of hydrogen-bond donors (Lipinski definition) is 0. The molecule has 0 unspecified atom stereocenters. The van der Waals surface area contributed by atoms with Crippen molar-refractivity contribution in [2.75, 3.05) is 14.2 Å². The van der Waals surface area contributed by atoms with Gasteiger partial charge in [-0.25, -0.2) is 13.4 Å². The Labute approximate surface area is 151 Å². The van der Waals surface area contributed by atoms with Crippen molar-refractivity contribution < 1.29 is 17.9 Å². The summed E-state index contributed by atoms with van der Waals surface area (Å²) in [5.41, 5.74) is 2.76. The zero-order chi connectivity index (χ0) is 18.3. The van der Waals surface area contributed by atoms with Gasteiger partial charge in [0.15, 0.2) is 11.5 Å². The molecule has 26 heavy (non-hydrogen) atoms. The molecule has 0 bridgehead atoms. The Balaban J connectivity index is 1.87. The monoisotopic (exact) mass is 370 g/mol. The van der Waals surface area contributed by atoms with E-state index in [4.69, 9.17) is 9.47 Å². The lowest BCUT2D eigenvalue weighted by molar-refractivity contribution is 0.354. The second-order valence-electron chi connectivity index (χ2n) is 6.01. The molecule has 0 radical (unpaired) electrons. The normalized spacial score (nSPS) is 13.0. The van der Waals surface area contributed by atoms with Crippen LogP contribution in [0.4, 0.5) is 0 Å². The van der Waals surface area contributed by atoms with Crippen molar-refractivity contribution in [3.05, 3.63) is 54.2 Å². The summed E-state index contributed by atoms with van der Waals surface area (Å²) in [5, 5.41) is 0.0686. The zero-order valence-electron chi connectivity index (χ0n) is 14.5. The highest BCUT2D eigenvalue weighted by Crippen LogP contribution is 2.39. The number of sulfone groups is 1. The molecule has 0 atom stereocenters. The molecule has 7 heteroatoms. The molecular formula is C19H18N2O4S. The quantitative estimate of drug-likeness (QED) is 0.706. The lowest BCUT2D eigenvalue weighted by Gasteiger charge is -2.22. The molecule has 2 aromatic carbocycles. The van der Waals surface area contributed by atoms with Gasteiger partial charge in [0.05, 0.1) is 31.0 Å². The van der Waals surface area contributed by atoms with Gasteiger partial charge in [0.1, 0.15) is 0 Å². The molecule has 2 heterocycles. The van der Waals surface area contributed by atoms with Crippen LogP contribution < -0.4 is 9.47 Å². The number of benzene rings is 2. The highest BCUT2D eigenvalue weighted by Gasteiger charge is 2.29. The molecule has 1 aromatic heterocycles. The van der Waals surface area contributed by atoms with Gasteiger partial charge in [-0.3, -0.25) is 0 Å². The third kappa shape index (κ3) is 2.47. The number of methoxy groups -OCH3 is 2. The first-order valence-corrected chi connectivity index (χ1v) is 9.65. The number of fused-ring (bicyclic) bond motifs is 3. The number of nitrogens with zero attached hydrogens (tertiary/aromatic N) is 2. The van der Waals surface area contributed by atoms with Gasteiger partial charge < -0.3 is 14.0 Å². The summed E-state index contributed by atoms with van der Waals surface area (Å²) in [7, 11) is -0.494. The Morgan fingerprint density at radius 1 is 1.04 bits per heavy atom. The number of rotatable bonds is 4. The third-order valence-electron chi connectivity index (χ3n) is 4.60. The highest BCUT2D eigenvalue weighted by atomic mass is 32.2. The fraction of sp³-hybridized carbons (Fsp3) is 0.211. The van der Waals surface area contributed by atoms with E-state index in [2.05, 4.69) is 4.98 Å². The van der Waals surface area contributed by atoms with Crippen LogP contribution >= 0.6 is 0 Å². The molecule has 0 amide bonds. The largest absolute Gasteiger partial charge is 0.493 e. The average Bonchev–Trinajstić information content (AvgIpc) is 3.12. The Morgan fingerprint density at radius 2 is 1.73 bits per heavy atom. The van der Waals surface area contributed by atoms with Gasteiger partial charge in [-0.2, -0.15) is 0 Å². The van der Waals surface area contributed by atoms with Crippen molar-refractivity contribution in [3.8, 4) is 22.8 Å². The van der Waals surface area contributed by atoms with Crippen LogP contribution in [0.15, 0.2) is 58.7 Å². The molecule has 6 nitrogen and oxygen atoms in total. The Morgan fingerprint density at radius 3 is 2.42 bits per heavy atom. The van der Waals surface area contributed by atoms with Crippen molar-refractivity contribution in [1.82, 2.24) is 9.55 Å². The zero-order valence-corrected chi connectivity index (χ0v) is 15.3. The Bertz CT molecular complexity index is 1070. The van der Waals surface area contributed by atoms with E-state index >= 15 is 0 Å². The van der Waals surface area contributed by atoms with Gasteiger partial charge in [0, 0.05) is 12.1 Å². The molecule has 0 fully saturated rings. The van der Waals surface area contributed by atoms with E-state index in [9.17, 15) is 8.42 Å². The van der Waals surface area contributed by atoms with Gasteiger partial charge in [-0.05, 0) is 36.2 Å². The van der Waals surface area contributed by atoms with Gasteiger partial charge >= 0.3 is 0 Å². The molecular weight excluding hydrogens is 352 g/mol. The van der Waals surface area contributed by atoms with Crippen LogP contribution in [-0.2, 0) is 22.8 Å². The summed E-state index contributed by atoms with van der Waals surface area (Å²) in [5.74, 6) is 1.27. The predicted octanol–water partition coefficient (Wildman–Crippen LogP) is 2.96. The van der Waals surface area contributed by atoms with Crippen LogP contribution in [0, 0.1) is 0 Å². The van der Waals surface area contributed by atoms with E-state index in [0.29, 0.717) is 24.5 Å². The summed E-state index contributed by atoms with van der Waals surface area (Å²) in [6, 6.07) is 12.2. The second kappa shape index (κ2) is 6.17. The third-order valence-corrected chi connectivity index (χ3v) is 6.30. The molecule has 0 saturated heterocycles. The number of aryl methyl sites for hydroxylation is 1. The molecule has 0 aliphatic carbocycles. The van der Waals surface area contributed by atoms with Crippen molar-refractivity contribution in [1.29, 1.82) is 0 Å². The number of imidazole rings is 1. The average molecular weight is 370 g/mol. The molecule has 0 spiro atoms. The van der Waals surface area contributed by atoms with Crippen molar-refractivity contribution in [2.24, 2.45) is 0 Å². The maximum absolute atomic E-state index is 13.0. The van der Waals surface area contributed by atoms with Crippen molar-refractivity contribution in [3.63, 3.8) is 0 Å². The van der Waals surface area contributed by atoms with Gasteiger partial charge in [-0.15, -0.1) is 0 Å². The SMILES string of the molecule is COc1cc2c(cc1OC)-c1cnc(S(=O)(=O)c3ccccc3)n1CC2. The molecule has 4 rings (SSSR count). The second-order valence-corrected chi connectivity index (χ2v) is 7.85. The van der Waals surface area contributed by atoms with E-state index < -0.39 is 9.84 Å². The van der Waals surface area contributed by atoms with Crippen LogP contribution in [0.3, 0.4) is 0 Å². The van der Waals surface area contributed by atoms with Gasteiger partial charge in [0.2, 0.25) is 15.0 Å². The lowest BCUT2D eigenvalue weighted by atomic mass is 9.98. The van der Waals surface area contributed by atoms with Gasteiger partial charge in [-0.1, -0.05) is 18.2 Å². The number of aromatic nitrogens is 2. The van der Waals surface area contributed by atoms with Crippen LogP contribution in [-0.4, -0.2) is 32.2 Å². The van der Waals surface area contributed by atoms with Gasteiger partial charge in [0.25, 0.3) is 0 Å². The lowest BCUT2D eigenvalue weighted by Crippen LogP contribution is -2.17. The minimum absolute atomic E-state index is 0.0686. The summed E-state index contributed by atoms with van der Waals surface area (Å²) in [6.07, 6.45) is 2.30. The molecule has 134 valence electrons. The summed E-state index contributed by atoms with van der Waals surface area (Å²) in [4.78, 5) is 4.49. The first kappa shape index (κ1) is 16.7. The minimum Gasteiger partial charge on any atom is -0.493 e. The summed E-state index contributed by atoms with van der Waals surface area (Å²) >= 11 is 0. The van der Waals surface area contributed by atoms with E-state index in [0.717, 1.165) is 16.8 Å². The standard InChI is InChI=1S/C19H18N2O4S/c1-24-17-10-13-8-9-21-16(15(13)11-18(17)25-2)12-20-19(21)26(22,23)14-6-4-3-5-7-14/h3-7,10-12H,8-9H2,1-2H3.